The van der Waals surface area contributed by atoms with Gasteiger partial charge in [-0.1, -0.05) is 28.1 Å². The molecule has 1 atom stereocenters. The molecule has 1 aromatic heterocycles. The zero-order valence-corrected chi connectivity index (χ0v) is 17.7. The van der Waals surface area contributed by atoms with Crippen LogP contribution in [0.15, 0.2) is 56.5 Å². The van der Waals surface area contributed by atoms with Gasteiger partial charge in [-0.2, -0.15) is 0 Å². The van der Waals surface area contributed by atoms with Crippen LogP contribution in [0.1, 0.15) is 25.2 Å². The molecular weight excluding hydrogens is 485 g/mol. The Balaban J connectivity index is 0.00000288. The van der Waals surface area contributed by atoms with Gasteiger partial charge in [-0.3, -0.25) is 0 Å². The monoisotopic (exact) mass is 507 g/mol. The van der Waals surface area contributed by atoms with Crippen LogP contribution in [0.3, 0.4) is 0 Å². The second-order valence-electron chi connectivity index (χ2n) is 5.43. The largest absolute Gasteiger partial charge is 0.466 e. The molecule has 0 fully saturated rings. The molecule has 0 radical (unpaired) electrons. The topological polar surface area (TPSA) is 69.8 Å². The van der Waals surface area contributed by atoms with Crippen molar-refractivity contribution in [3.8, 4) is 0 Å². The molecular formula is C17H23BrIN3O2. The zero-order valence-electron chi connectivity index (χ0n) is 13.8. The van der Waals surface area contributed by atoms with Gasteiger partial charge in [-0.15, -0.1) is 24.0 Å². The maximum absolute atomic E-state index is 10.5. The summed E-state index contributed by atoms with van der Waals surface area (Å²) in [5, 5.41) is 16.8. The van der Waals surface area contributed by atoms with Crippen molar-refractivity contribution in [1.29, 1.82) is 0 Å². The molecule has 0 aliphatic heterocycles. The first-order valence-electron chi connectivity index (χ1n) is 7.54. The summed E-state index contributed by atoms with van der Waals surface area (Å²) in [5.41, 5.74) is 0.00418. The number of hydrogen-bond acceptors (Lipinski definition) is 3. The zero-order chi connectivity index (χ0) is 16.7. The Morgan fingerprint density at radius 1 is 1.29 bits per heavy atom. The third-order valence-electron chi connectivity index (χ3n) is 3.31. The van der Waals surface area contributed by atoms with E-state index in [1.54, 1.807) is 25.3 Å². The van der Waals surface area contributed by atoms with Gasteiger partial charge in [-0.05, 0) is 43.7 Å². The molecule has 132 valence electrons. The second kappa shape index (κ2) is 10.0. The summed E-state index contributed by atoms with van der Waals surface area (Å²) in [6, 6.07) is 11.5. The second-order valence-corrected chi connectivity index (χ2v) is 6.35. The summed E-state index contributed by atoms with van der Waals surface area (Å²) < 4.78 is 6.31. The van der Waals surface area contributed by atoms with E-state index in [-0.39, 0.29) is 24.0 Å². The van der Waals surface area contributed by atoms with E-state index in [0.29, 0.717) is 24.8 Å². The number of halogens is 2. The van der Waals surface area contributed by atoms with E-state index >= 15 is 0 Å². The van der Waals surface area contributed by atoms with Crippen molar-refractivity contribution < 1.29 is 9.52 Å². The minimum atomic E-state index is -1.10. The van der Waals surface area contributed by atoms with Gasteiger partial charge in [0.15, 0.2) is 5.96 Å². The average Bonchev–Trinajstić information content (AvgIpc) is 3.05. The first-order valence-corrected chi connectivity index (χ1v) is 8.33. The Bertz CT molecular complexity index is 645. The van der Waals surface area contributed by atoms with Crippen LogP contribution >= 0.6 is 39.9 Å². The number of rotatable bonds is 6. The summed E-state index contributed by atoms with van der Waals surface area (Å²) >= 11 is 3.46. The SMILES string of the molecule is CCNC(=NCc1cccc(Br)c1)NCC(C)(O)c1ccco1.I. The van der Waals surface area contributed by atoms with Gasteiger partial charge in [0.2, 0.25) is 0 Å². The van der Waals surface area contributed by atoms with Gasteiger partial charge >= 0.3 is 0 Å². The molecule has 0 spiro atoms. The molecule has 0 saturated heterocycles. The molecule has 1 unspecified atom stereocenters. The fourth-order valence-corrected chi connectivity index (χ4v) is 2.52. The molecule has 0 aliphatic carbocycles. The number of aliphatic imine (C=N–C) groups is 1. The maximum Gasteiger partial charge on any atom is 0.191 e. The molecule has 0 amide bonds. The number of benzene rings is 1. The van der Waals surface area contributed by atoms with E-state index in [4.69, 9.17) is 4.42 Å². The molecule has 7 heteroatoms. The van der Waals surface area contributed by atoms with E-state index in [1.807, 2.05) is 31.2 Å². The van der Waals surface area contributed by atoms with Gasteiger partial charge in [0.25, 0.3) is 0 Å². The lowest BCUT2D eigenvalue weighted by molar-refractivity contribution is 0.0386. The summed E-state index contributed by atoms with van der Waals surface area (Å²) in [4.78, 5) is 4.54. The molecule has 2 rings (SSSR count). The number of hydrogen-bond donors (Lipinski definition) is 3. The van der Waals surface area contributed by atoms with E-state index in [1.165, 1.54) is 0 Å². The normalized spacial score (nSPS) is 13.8. The van der Waals surface area contributed by atoms with Gasteiger partial charge in [0, 0.05) is 11.0 Å². The van der Waals surface area contributed by atoms with Crippen molar-refractivity contribution in [2.75, 3.05) is 13.1 Å². The van der Waals surface area contributed by atoms with Crippen molar-refractivity contribution >= 4 is 45.9 Å². The summed E-state index contributed by atoms with van der Waals surface area (Å²) in [5.74, 6) is 1.17. The van der Waals surface area contributed by atoms with Crippen molar-refractivity contribution in [2.24, 2.45) is 4.99 Å². The van der Waals surface area contributed by atoms with Gasteiger partial charge < -0.3 is 20.2 Å². The fourth-order valence-electron chi connectivity index (χ4n) is 2.08. The molecule has 0 saturated carbocycles. The summed E-state index contributed by atoms with van der Waals surface area (Å²) in [6.45, 7) is 5.30. The Morgan fingerprint density at radius 3 is 2.71 bits per heavy atom. The van der Waals surface area contributed by atoms with Crippen LogP contribution in [0.25, 0.3) is 0 Å². The van der Waals surface area contributed by atoms with Gasteiger partial charge in [-0.25, -0.2) is 4.99 Å². The third-order valence-corrected chi connectivity index (χ3v) is 3.80. The Labute approximate surface area is 168 Å². The molecule has 3 N–H and O–H groups in total. The highest BCUT2D eigenvalue weighted by atomic mass is 127. The van der Waals surface area contributed by atoms with Crippen molar-refractivity contribution in [1.82, 2.24) is 10.6 Å². The van der Waals surface area contributed by atoms with Crippen LogP contribution in [0, 0.1) is 0 Å². The molecule has 1 heterocycles. The number of nitrogens with one attached hydrogen (secondary N) is 2. The lowest BCUT2D eigenvalue weighted by Crippen LogP contribution is -2.44. The van der Waals surface area contributed by atoms with Crippen LogP contribution in [-0.4, -0.2) is 24.2 Å². The number of aliphatic hydroxyl groups is 1. The molecule has 0 aliphatic rings. The lowest BCUT2D eigenvalue weighted by Gasteiger charge is -2.22. The van der Waals surface area contributed by atoms with Gasteiger partial charge in [0.05, 0.1) is 19.4 Å². The Hall–Kier alpha value is -1.06. The third kappa shape index (κ3) is 6.45. The molecule has 1 aromatic carbocycles. The first-order chi connectivity index (χ1) is 11.0. The van der Waals surface area contributed by atoms with Crippen LogP contribution in [0.4, 0.5) is 0 Å². The summed E-state index contributed by atoms with van der Waals surface area (Å²) in [7, 11) is 0. The summed E-state index contributed by atoms with van der Waals surface area (Å²) in [6.07, 6.45) is 1.55. The van der Waals surface area contributed by atoms with Crippen LogP contribution < -0.4 is 10.6 Å². The van der Waals surface area contributed by atoms with E-state index in [0.717, 1.165) is 16.6 Å². The quantitative estimate of drug-likeness (QED) is 0.317. The fraction of sp³-hybridized carbons (Fsp3) is 0.353. The number of furan rings is 1. The minimum absolute atomic E-state index is 0. The van der Waals surface area contributed by atoms with E-state index < -0.39 is 5.60 Å². The highest BCUT2D eigenvalue weighted by molar-refractivity contribution is 14.0. The average molecular weight is 508 g/mol. The predicted octanol–water partition coefficient (Wildman–Crippen LogP) is 3.62. The highest BCUT2D eigenvalue weighted by Crippen LogP contribution is 2.19. The van der Waals surface area contributed by atoms with Gasteiger partial charge in [0.1, 0.15) is 11.4 Å². The molecule has 0 bridgehead atoms. The molecule has 24 heavy (non-hydrogen) atoms. The van der Waals surface area contributed by atoms with Crippen LogP contribution in [0.5, 0.6) is 0 Å². The molecule has 2 aromatic rings. The predicted molar refractivity (Wildman–Crippen MR) is 111 cm³/mol. The van der Waals surface area contributed by atoms with Crippen LogP contribution in [-0.2, 0) is 12.1 Å². The van der Waals surface area contributed by atoms with E-state index in [9.17, 15) is 5.11 Å². The minimum Gasteiger partial charge on any atom is -0.466 e. The lowest BCUT2D eigenvalue weighted by atomic mass is 10.0. The Kier molecular flexibility index (Phi) is 8.79. The standard InChI is InChI=1S/C17H22BrN3O2.HI/c1-3-19-16(20-11-13-6-4-7-14(18)10-13)21-12-17(2,22)15-8-5-9-23-15;/h4-10,22H,3,11-12H2,1-2H3,(H2,19,20,21);1H. The maximum atomic E-state index is 10.5. The van der Waals surface area contributed by atoms with Crippen molar-refractivity contribution in [2.45, 2.75) is 26.0 Å². The smallest absolute Gasteiger partial charge is 0.191 e. The van der Waals surface area contributed by atoms with Crippen LogP contribution in [0.2, 0.25) is 0 Å². The Morgan fingerprint density at radius 2 is 2.08 bits per heavy atom. The number of nitrogens with zero attached hydrogens (tertiary/aromatic N) is 1. The first kappa shape index (κ1) is 21.0. The van der Waals surface area contributed by atoms with Crippen molar-refractivity contribution in [3.63, 3.8) is 0 Å². The van der Waals surface area contributed by atoms with Crippen molar-refractivity contribution in [3.05, 3.63) is 58.5 Å². The van der Waals surface area contributed by atoms with E-state index in [2.05, 4.69) is 31.6 Å². The molecule has 5 nitrogen and oxygen atoms in total. The number of guanidine groups is 1. The highest BCUT2D eigenvalue weighted by Gasteiger charge is 2.26.